The predicted molar refractivity (Wildman–Crippen MR) is 83.8 cm³/mol. The normalized spacial score (nSPS) is 11.1. The Morgan fingerprint density at radius 1 is 1.24 bits per heavy atom. The van der Waals surface area contributed by atoms with E-state index in [2.05, 4.69) is 5.32 Å². The van der Waals surface area contributed by atoms with Crippen LogP contribution >= 0.6 is 0 Å². The van der Waals surface area contributed by atoms with Gasteiger partial charge < -0.3 is 20.5 Å². The lowest BCUT2D eigenvalue weighted by molar-refractivity contribution is -0.121. The first-order valence-electron chi connectivity index (χ1n) is 7.12. The Hall–Kier alpha value is -1.75. The molecule has 1 amide bonds. The zero-order valence-electron chi connectivity index (χ0n) is 13.4. The number of hydrogen-bond acceptors (Lipinski definition) is 4. The molecule has 0 aliphatic rings. The molecule has 21 heavy (non-hydrogen) atoms. The van der Waals surface area contributed by atoms with E-state index in [4.69, 9.17) is 15.2 Å². The van der Waals surface area contributed by atoms with Crippen LogP contribution in [0.2, 0.25) is 0 Å². The SMILES string of the molecule is COc1ccc(CCNC(=O)CCC(C)(C)N)cc1OC. The lowest BCUT2D eigenvalue weighted by atomic mass is 10.00. The van der Waals surface area contributed by atoms with E-state index in [1.807, 2.05) is 32.0 Å². The van der Waals surface area contributed by atoms with Gasteiger partial charge in [-0.25, -0.2) is 0 Å². The molecule has 5 nitrogen and oxygen atoms in total. The summed E-state index contributed by atoms with van der Waals surface area (Å²) in [5.74, 6) is 1.44. The Labute approximate surface area is 126 Å². The third-order valence-corrected chi connectivity index (χ3v) is 3.18. The van der Waals surface area contributed by atoms with E-state index in [0.717, 1.165) is 12.0 Å². The number of hydrogen-bond donors (Lipinski definition) is 2. The molecule has 0 atom stereocenters. The summed E-state index contributed by atoms with van der Waals surface area (Å²) in [5.41, 5.74) is 6.64. The molecule has 0 saturated carbocycles. The van der Waals surface area contributed by atoms with E-state index < -0.39 is 0 Å². The molecule has 1 aromatic rings. The average molecular weight is 294 g/mol. The van der Waals surface area contributed by atoms with Crippen molar-refractivity contribution in [2.24, 2.45) is 5.73 Å². The maximum Gasteiger partial charge on any atom is 0.220 e. The Morgan fingerprint density at radius 3 is 2.48 bits per heavy atom. The van der Waals surface area contributed by atoms with Crippen LogP contribution in [0.1, 0.15) is 32.3 Å². The highest BCUT2D eigenvalue weighted by molar-refractivity contribution is 5.75. The van der Waals surface area contributed by atoms with Gasteiger partial charge in [0, 0.05) is 18.5 Å². The molecule has 5 heteroatoms. The third-order valence-electron chi connectivity index (χ3n) is 3.18. The molecular weight excluding hydrogens is 268 g/mol. The summed E-state index contributed by atoms with van der Waals surface area (Å²) < 4.78 is 10.4. The molecule has 0 aliphatic carbocycles. The number of rotatable bonds is 8. The van der Waals surface area contributed by atoms with Crippen LogP contribution in [0.25, 0.3) is 0 Å². The molecule has 0 radical (unpaired) electrons. The Bertz CT molecular complexity index is 467. The quantitative estimate of drug-likeness (QED) is 0.768. The van der Waals surface area contributed by atoms with Crippen molar-refractivity contribution < 1.29 is 14.3 Å². The summed E-state index contributed by atoms with van der Waals surface area (Å²) in [6.07, 6.45) is 1.88. The fraction of sp³-hybridized carbons (Fsp3) is 0.562. The first-order valence-corrected chi connectivity index (χ1v) is 7.12. The van der Waals surface area contributed by atoms with Gasteiger partial charge in [0.2, 0.25) is 5.91 Å². The van der Waals surface area contributed by atoms with Crippen molar-refractivity contribution in [1.29, 1.82) is 0 Å². The summed E-state index contributed by atoms with van der Waals surface area (Å²) in [6, 6.07) is 5.76. The maximum absolute atomic E-state index is 11.7. The van der Waals surface area contributed by atoms with Gasteiger partial charge in [-0.15, -0.1) is 0 Å². The Balaban J connectivity index is 2.40. The number of methoxy groups -OCH3 is 2. The molecule has 0 aromatic heterocycles. The fourth-order valence-corrected chi connectivity index (χ4v) is 1.91. The second-order valence-corrected chi connectivity index (χ2v) is 5.78. The van der Waals surface area contributed by atoms with E-state index in [9.17, 15) is 4.79 Å². The van der Waals surface area contributed by atoms with Gasteiger partial charge in [0.25, 0.3) is 0 Å². The largest absolute Gasteiger partial charge is 0.493 e. The number of carbonyl (C=O) groups is 1. The molecule has 0 spiro atoms. The molecule has 0 saturated heterocycles. The van der Waals surface area contributed by atoms with Crippen molar-refractivity contribution >= 4 is 5.91 Å². The number of carbonyl (C=O) groups excluding carboxylic acids is 1. The molecule has 0 bridgehead atoms. The topological polar surface area (TPSA) is 73.6 Å². The molecule has 0 unspecified atom stereocenters. The standard InChI is InChI=1S/C16H26N2O3/c1-16(2,17)9-7-15(19)18-10-8-12-5-6-13(20-3)14(11-12)21-4/h5-6,11H,7-10,17H2,1-4H3,(H,18,19). The van der Waals surface area contributed by atoms with E-state index in [-0.39, 0.29) is 11.4 Å². The molecule has 0 aliphatic heterocycles. The summed E-state index contributed by atoms with van der Waals surface area (Å²) in [5, 5.41) is 2.90. The molecule has 1 rings (SSSR count). The van der Waals surface area contributed by atoms with E-state index in [0.29, 0.717) is 30.9 Å². The number of ether oxygens (including phenoxy) is 2. The van der Waals surface area contributed by atoms with Crippen LogP contribution in [0.5, 0.6) is 11.5 Å². The van der Waals surface area contributed by atoms with Gasteiger partial charge >= 0.3 is 0 Å². The van der Waals surface area contributed by atoms with Gasteiger partial charge in [-0.1, -0.05) is 6.07 Å². The second-order valence-electron chi connectivity index (χ2n) is 5.78. The van der Waals surface area contributed by atoms with Crippen molar-refractivity contribution in [2.75, 3.05) is 20.8 Å². The summed E-state index contributed by atoms with van der Waals surface area (Å²) in [7, 11) is 3.22. The zero-order valence-corrected chi connectivity index (χ0v) is 13.4. The van der Waals surface area contributed by atoms with E-state index >= 15 is 0 Å². The number of amides is 1. The van der Waals surface area contributed by atoms with Gasteiger partial charge in [0.15, 0.2) is 11.5 Å². The lowest BCUT2D eigenvalue weighted by Gasteiger charge is -2.17. The molecule has 0 fully saturated rings. The van der Waals surface area contributed by atoms with Crippen LogP contribution in [0.15, 0.2) is 18.2 Å². The van der Waals surface area contributed by atoms with Crippen molar-refractivity contribution in [3.8, 4) is 11.5 Å². The zero-order chi connectivity index (χ0) is 15.9. The average Bonchev–Trinajstić information content (AvgIpc) is 2.44. The number of nitrogens with two attached hydrogens (primary N) is 1. The second kappa shape index (κ2) is 7.88. The molecule has 1 aromatic carbocycles. The highest BCUT2D eigenvalue weighted by Crippen LogP contribution is 2.27. The number of nitrogens with one attached hydrogen (secondary N) is 1. The maximum atomic E-state index is 11.7. The minimum atomic E-state index is -0.305. The summed E-state index contributed by atoms with van der Waals surface area (Å²) in [6.45, 7) is 4.44. The van der Waals surface area contributed by atoms with Crippen LogP contribution in [0.4, 0.5) is 0 Å². The highest BCUT2D eigenvalue weighted by atomic mass is 16.5. The Kier molecular flexibility index (Phi) is 6.49. The van der Waals surface area contributed by atoms with Gasteiger partial charge in [-0.3, -0.25) is 4.79 Å². The lowest BCUT2D eigenvalue weighted by Crippen LogP contribution is -2.34. The minimum absolute atomic E-state index is 0.0361. The van der Waals surface area contributed by atoms with Crippen LogP contribution < -0.4 is 20.5 Å². The van der Waals surface area contributed by atoms with Crippen molar-refractivity contribution in [2.45, 2.75) is 38.6 Å². The first-order chi connectivity index (χ1) is 9.85. The van der Waals surface area contributed by atoms with Crippen LogP contribution in [-0.4, -0.2) is 32.2 Å². The fourth-order valence-electron chi connectivity index (χ4n) is 1.91. The van der Waals surface area contributed by atoms with Crippen molar-refractivity contribution in [3.05, 3.63) is 23.8 Å². The molecule has 0 heterocycles. The van der Waals surface area contributed by atoms with E-state index in [1.54, 1.807) is 14.2 Å². The van der Waals surface area contributed by atoms with Crippen molar-refractivity contribution in [1.82, 2.24) is 5.32 Å². The monoisotopic (exact) mass is 294 g/mol. The molecular formula is C16H26N2O3. The first kappa shape index (κ1) is 17.3. The van der Waals surface area contributed by atoms with Gasteiger partial charge in [0.05, 0.1) is 14.2 Å². The van der Waals surface area contributed by atoms with Crippen LogP contribution in [0, 0.1) is 0 Å². The third kappa shape index (κ3) is 6.49. The number of benzene rings is 1. The van der Waals surface area contributed by atoms with Crippen LogP contribution in [-0.2, 0) is 11.2 Å². The van der Waals surface area contributed by atoms with Gasteiger partial charge in [0.1, 0.15) is 0 Å². The van der Waals surface area contributed by atoms with Gasteiger partial charge in [-0.2, -0.15) is 0 Å². The summed E-state index contributed by atoms with van der Waals surface area (Å²) >= 11 is 0. The predicted octanol–water partition coefficient (Wildman–Crippen LogP) is 1.88. The van der Waals surface area contributed by atoms with Crippen molar-refractivity contribution in [3.63, 3.8) is 0 Å². The van der Waals surface area contributed by atoms with Crippen LogP contribution in [0.3, 0.4) is 0 Å². The highest BCUT2D eigenvalue weighted by Gasteiger charge is 2.13. The molecule has 3 N–H and O–H groups in total. The smallest absolute Gasteiger partial charge is 0.220 e. The summed E-state index contributed by atoms with van der Waals surface area (Å²) in [4.78, 5) is 11.7. The Morgan fingerprint density at radius 2 is 1.90 bits per heavy atom. The molecule has 118 valence electrons. The minimum Gasteiger partial charge on any atom is -0.493 e. The van der Waals surface area contributed by atoms with Gasteiger partial charge in [-0.05, 0) is 44.4 Å². The van der Waals surface area contributed by atoms with E-state index in [1.165, 1.54) is 0 Å².